The quantitative estimate of drug-likeness (QED) is 0.848. The monoisotopic (exact) mass is 320 g/mol. The van der Waals surface area contributed by atoms with Crippen molar-refractivity contribution in [3.05, 3.63) is 21.4 Å². The van der Waals surface area contributed by atoms with Gasteiger partial charge in [0.1, 0.15) is 0 Å². The van der Waals surface area contributed by atoms with E-state index in [9.17, 15) is 9.59 Å². The van der Waals surface area contributed by atoms with Crippen molar-refractivity contribution >= 4 is 23.2 Å². The van der Waals surface area contributed by atoms with Crippen LogP contribution in [0.5, 0.6) is 0 Å². The maximum atomic E-state index is 12.3. The third kappa shape index (κ3) is 3.35. The van der Waals surface area contributed by atoms with Gasteiger partial charge in [-0.1, -0.05) is 6.92 Å². The third-order valence-electron chi connectivity index (χ3n) is 4.71. The van der Waals surface area contributed by atoms with E-state index in [4.69, 9.17) is 0 Å². The summed E-state index contributed by atoms with van der Waals surface area (Å²) in [6.07, 6.45) is 5.83. The fourth-order valence-electron chi connectivity index (χ4n) is 3.38. The lowest BCUT2D eigenvalue weighted by atomic mass is 9.88. The highest BCUT2D eigenvalue weighted by molar-refractivity contribution is 7.10. The molecule has 1 aromatic rings. The molecule has 2 heterocycles. The van der Waals surface area contributed by atoms with Gasteiger partial charge in [-0.25, -0.2) is 0 Å². The van der Waals surface area contributed by atoms with Crippen LogP contribution in [0.2, 0.25) is 0 Å². The Morgan fingerprint density at radius 1 is 1.45 bits per heavy atom. The molecule has 1 aliphatic heterocycles. The topological polar surface area (TPSA) is 49.4 Å². The zero-order valence-electron chi connectivity index (χ0n) is 13.2. The van der Waals surface area contributed by atoms with Gasteiger partial charge >= 0.3 is 0 Å². The van der Waals surface area contributed by atoms with E-state index in [-0.39, 0.29) is 11.8 Å². The summed E-state index contributed by atoms with van der Waals surface area (Å²) < 4.78 is 0. The summed E-state index contributed by atoms with van der Waals surface area (Å²) in [4.78, 5) is 27.1. The molecule has 1 fully saturated rings. The number of nitrogens with zero attached hydrogens (tertiary/aromatic N) is 1. The first-order valence-corrected chi connectivity index (χ1v) is 9.18. The lowest BCUT2D eigenvalue weighted by molar-refractivity contribution is -0.127. The van der Waals surface area contributed by atoms with Crippen molar-refractivity contribution < 1.29 is 9.59 Å². The van der Waals surface area contributed by atoms with E-state index < -0.39 is 0 Å². The van der Waals surface area contributed by atoms with E-state index in [1.807, 2.05) is 10.3 Å². The first kappa shape index (κ1) is 15.5. The molecule has 0 spiro atoms. The van der Waals surface area contributed by atoms with Gasteiger partial charge in [0.15, 0.2) is 0 Å². The number of carbonyl (C=O) groups excluding carboxylic acids is 2. The first-order chi connectivity index (χ1) is 10.6. The lowest BCUT2D eigenvalue weighted by Crippen LogP contribution is -2.31. The minimum Gasteiger partial charge on any atom is -0.352 e. The predicted octanol–water partition coefficient (Wildman–Crippen LogP) is 2.62. The van der Waals surface area contributed by atoms with Gasteiger partial charge in [0.2, 0.25) is 5.91 Å². The zero-order valence-corrected chi connectivity index (χ0v) is 14.0. The van der Waals surface area contributed by atoms with Crippen LogP contribution in [0.3, 0.4) is 0 Å². The minimum absolute atomic E-state index is 0.0554. The van der Waals surface area contributed by atoms with Gasteiger partial charge in [-0.3, -0.25) is 9.59 Å². The van der Waals surface area contributed by atoms with E-state index >= 15 is 0 Å². The predicted molar refractivity (Wildman–Crippen MR) is 88.3 cm³/mol. The Labute approximate surface area is 135 Å². The van der Waals surface area contributed by atoms with Crippen molar-refractivity contribution in [1.82, 2.24) is 10.2 Å². The molecule has 0 aromatic carbocycles. The van der Waals surface area contributed by atoms with Crippen LogP contribution in [0.15, 0.2) is 5.38 Å². The number of hydrogen-bond donors (Lipinski definition) is 1. The molecule has 5 heteroatoms. The summed E-state index contributed by atoms with van der Waals surface area (Å²) in [5.74, 6) is 1.05. The highest BCUT2D eigenvalue weighted by Crippen LogP contribution is 2.32. The summed E-state index contributed by atoms with van der Waals surface area (Å²) in [5.41, 5.74) is 2.15. The Balaban J connectivity index is 1.47. The van der Waals surface area contributed by atoms with Gasteiger partial charge in [-0.05, 0) is 43.6 Å². The molecular formula is C17H24N2O2S. The number of carbonyl (C=O) groups is 2. The van der Waals surface area contributed by atoms with Crippen molar-refractivity contribution in [3.63, 3.8) is 0 Å². The molecule has 2 aliphatic rings. The van der Waals surface area contributed by atoms with Gasteiger partial charge in [0, 0.05) is 36.3 Å². The average Bonchev–Trinajstić information content (AvgIpc) is 3.09. The maximum Gasteiger partial charge on any atom is 0.252 e. The maximum absolute atomic E-state index is 12.3. The Bertz CT molecular complexity index is 567. The Kier molecular flexibility index (Phi) is 4.81. The molecule has 1 aliphatic carbocycles. The number of rotatable bonds is 5. The SMILES string of the molecule is C[C@@H]1CCc2c(C(=O)NCCCN3CCCC3=O)csc2C1. The van der Waals surface area contributed by atoms with Crippen molar-refractivity contribution in [2.75, 3.05) is 19.6 Å². The van der Waals surface area contributed by atoms with Gasteiger partial charge in [-0.2, -0.15) is 0 Å². The standard InChI is InChI=1S/C17H24N2O2S/c1-12-5-6-13-14(11-22-15(13)10-12)17(21)18-7-3-9-19-8-2-4-16(19)20/h11-12H,2-10H2,1H3,(H,18,21)/t12-/m1/s1. The lowest BCUT2D eigenvalue weighted by Gasteiger charge is -2.19. The number of nitrogens with one attached hydrogen (secondary N) is 1. The van der Waals surface area contributed by atoms with E-state index in [0.717, 1.165) is 50.3 Å². The molecule has 4 nitrogen and oxygen atoms in total. The van der Waals surface area contributed by atoms with Gasteiger partial charge in [0.25, 0.3) is 5.91 Å². The number of hydrogen-bond acceptors (Lipinski definition) is 3. The first-order valence-electron chi connectivity index (χ1n) is 8.30. The molecule has 1 N–H and O–H groups in total. The summed E-state index contributed by atoms with van der Waals surface area (Å²) in [5, 5.41) is 5.03. The van der Waals surface area contributed by atoms with Crippen molar-refractivity contribution in [2.45, 2.75) is 45.4 Å². The van der Waals surface area contributed by atoms with Crippen LogP contribution in [-0.4, -0.2) is 36.3 Å². The van der Waals surface area contributed by atoms with Crippen molar-refractivity contribution in [3.8, 4) is 0 Å². The number of amides is 2. The summed E-state index contributed by atoms with van der Waals surface area (Å²) >= 11 is 1.73. The summed E-state index contributed by atoms with van der Waals surface area (Å²) in [7, 11) is 0. The Morgan fingerprint density at radius 3 is 3.09 bits per heavy atom. The van der Waals surface area contributed by atoms with E-state index in [2.05, 4.69) is 12.2 Å². The smallest absolute Gasteiger partial charge is 0.252 e. The fourth-order valence-corrected chi connectivity index (χ4v) is 4.62. The van der Waals surface area contributed by atoms with Crippen molar-refractivity contribution in [1.29, 1.82) is 0 Å². The van der Waals surface area contributed by atoms with Crippen LogP contribution in [-0.2, 0) is 17.6 Å². The molecule has 0 bridgehead atoms. The molecule has 0 unspecified atom stereocenters. The van der Waals surface area contributed by atoms with E-state index in [1.165, 1.54) is 16.9 Å². The van der Waals surface area contributed by atoms with Crippen LogP contribution in [0, 0.1) is 5.92 Å². The van der Waals surface area contributed by atoms with Crippen LogP contribution in [0.4, 0.5) is 0 Å². The second-order valence-electron chi connectivity index (χ2n) is 6.49. The molecule has 2 amide bonds. The molecule has 120 valence electrons. The van der Waals surface area contributed by atoms with Crippen LogP contribution in [0.1, 0.15) is 53.4 Å². The zero-order chi connectivity index (χ0) is 15.5. The molecule has 1 saturated heterocycles. The number of fused-ring (bicyclic) bond motifs is 1. The van der Waals surface area contributed by atoms with E-state index in [0.29, 0.717) is 13.0 Å². The van der Waals surface area contributed by atoms with Crippen LogP contribution < -0.4 is 5.32 Å². The summed E-state index contributed by atoms with van der Waals surface area (Å²) in [6.45, 7) is 4.56. The molecular weight excluding hydrogens is 296 g/mol. The third-order valence-corrected chi connectivity index (χ3v) is 5.76. The summed E-state index contributed by atoms with van der Waals surface area (Å²) in [6, 6.07) is 0. The van der Waals surface area contributed by atoms with Crippen molar-refractivity contribution in [2.24, 2.45) is 5.92 Å². The molecule has 22 heavy (non-hydrogen) atoms. The van der Waals surface area contributed by atoms with Gasteiger partial charge in [-0.15, -0.1) is 11.3 Å². The van der Waals surface area contributed by atoms with Gasteiger partial charge < -0.3 is 10.2 Å². The largest absolute Gasteiger partial charge is 0.352 e. The normalized spacial score (nSPS) is 21.0. The highest BCUT2D eigenvalue weighted by atomic mass is 32.1. The Morgan fingerprint density at radius 2 is 2.32 bits per heavy atom. The van der Waals surface area contributed by atoms with Crippen LogP contribution in [0.25, 0.3) is 0 Å². The highest BCUT2D eigenvalue weighted by Gasteiger charge is 2.23. The number of thiophene rings is 1. The molecule has 3 rings (SSSR count). The molecule has 0 saturated carbocycles. The molecule has 0 radical (unpaired) electrons. The molecule has 1 aromatic heterocycles. The number of likely N-dealkylation sites (tertiary alicyclic amines) is 1. The second kappa shape index (κ2) is 6.82. The fraction of sp³-hybridized carbons (Fsp3) is 0.647. The Hall–Kier alpha value is -1.36. The minimum atomic E-state index is 0.0554. The van der Waals surface area contributed by atoms with Gasteiger partial charge in [0.05, 0.1) is 5.56 Å². The average molecular weight is 320 g/mol. The molecule has 1 atom stereocenters. The second-order valence-corrected chi connectivity index (χ2v) is 7.46. The van der Waals surface area contributed by atoms with Crippen LogP contribution >= 0.6 is 11.3 Å². The van der Waals surface area contributed by atoms with E-state index in [1.54, 1.807) is 11.3 Å².